The number of carbonyl (C=O) groups is 2. The molecule has 1 aliphatic rings. The first-order valence-electron chi connectivity index (χ1n) is 12.7. The Labute approximate surface area is 219 Å². The maximum absolute atomic E-state index is 13.0. The second kappa shape index (κ2) is 14.7. The third-order valence-corrected chi connectivity index (χ3v) is 8.64. The van der Waals surface area contributed by atoms with Gasteiger partial charge < -0.3 is 24.2 Å². The molecular formula is C26H44N4O5S. The molecule has 10 heteroatoms. The molecule has 0 aromatic heterocycles. The second-order valence-corrected chi connectivity index (χ2v) is 10.8. The van der Waals surface area contributed by atoms with E-state index in [1.807, 2.05) is 30.9 Å². The van der Waals surface area contributed by atoms with Crippen molar-refractivity contribution in [3.63, 3.8) is 0 Å². The van der Waals surface area contributed by atoms with Gasteiger partial charge in [0.2, 0.25) is 11.8 Å². The van der Waals surface area contributed by atoms with E-state index >= 15 is 0 Å². The molecule has 1 heterocycles. The molecule has 0 N–H and O–H groups in total. The minimum Gasteiger partial charge on any atom is -0.497 e. The third-order valence-electron chi connectivity index (χ3n) is 6.90. The van der Waals surface area contributed by atoms with E-state index in [0.717, 1.165) is 47.8 Å². The van der Waals surface area contributed by atoms with Crippen LogP contribution in [0.15, 0.2) is 17.0 Å². The Bertz CT molecular complexity index is 885. The maximum Gasteiger partial charge on any atom is 0.248 e. The summed E-state index contributed by atoms with van der Waals surface area (Å²) in [5.41, 5.74) is 1.82. The van der Waals surface area contributed by atoms with Crippen molar-refractivity contribution in [3.05, 3.63) is 23.3 Å². The minimum atomic E-state index is -1.34. The van der Waals surface area contributed by atoms with E-state index in [2.05, 4.69) is 18.7 Å². The SMILES string of the molecule is CCN(CC)CCC(=O)N1CCC(N(C)C(=O)COCCN(C)S(=O)c2c(C)cc(OC)cc2C)C1. The minimum absolute atomic E-state index is 0.00898. The largest absolute Gasteiger partial charge is 0.497 e. The number of nitrogens with zero attached hydrogens (tertiary/aromatic N) is 4. The topological polar surface area (TPSA) is 82.6 Å². The first kappa shape index (κ1) is 30.2. The summed E-state index contributed by atoms with van der Waals surface area (Å²) < 4.78 is 25.7. The molecule has 0 radical (unpaired) electrons. The molecule has 0 saturated carbocycles. The van der Waals surface area contributed by atoms with Gasteiger partial charge >= 0.3 is 0 Å². The van der Waals surface area contributed by atoms with Gasteiger partial charge in [0, 0.05) is 46.7 Å². The molecule has 1 aromatic carbocycles. The van der Waals surface area contributed by atoms with Crippen molar-refractivity contribution in [1.82, 2.24) is 19.0 Å². The molecule has 0 aliphatic carbocycles. The van der Waals surface area contributed by atoms with Gasteiger partial charge in [0.15, 0.2) is 0 Å². The zero-order valence-electron chi connectivity index (χ0n) is 23.0. The fourth-order valence-electron chi connectivity index (χ4n) is 4.44. The van der Waals surface area contributed by atoms with Crippen LogP contribution in [0.3, 0.4) is 0 Å². The Morgan fingerprint density at radius 1 is 1.11 bits per heavy atom. The normalized spacial score (nSPS) is 16.6. The summed E-state index contributed by atoms with van der Waals surface area (Å²) in [6.45, 7) is 12.6. The molecule has 0 spiro atoms. The van der Waals surface area contributed by atoms with Crippen molar-refractivity contribution in [3.8, 4) is 5.75 Å². The molecule has 1 aromatic rings. The standard InChI is InChI=1S/C26H44N4O5S/c1-8-29(9-2)12-11-24(31)30-13-10-22(18-30)28(6)25(32)19-35-15-14-27(5)36(33)26-20(3)16-23(34-7)17-21(26)4/h16-17,22H,8-15,18-19H2,1-7H3. The van der Waals surface area contributed by atoms with Gasteiger partial charge in [-0.3, -0.25) is 9.59 Å². The number of likely N-dealkylation sites (tertiary alicyclic amines) is 1. The highest BCUT2D eigenvalue weighted by Gasteiger charge is 2.30. The Morgan fingerprint density at radius 3 is 2.33 bits per heavy atom. The lowest BCUT2D eigenvalue weighted by atomic mass is 10.1. The average Bonchev–Trinajstić information content (AvgIpc) is 3.36. The van der Waals surface area contributed by atoms with Gasteiger partial charge in [0.05, 0.1) is 24.7 Å². The highest BCUT2D eigenvalue weighted by Crippen LogP contribution is 2.25. The van der Waals surface area contributed by atoms with E-state index in [4.69, 9.17) is 9.47 Å². The molecule has 1 aliphatic heterocycles. The van der Waals surface area contributed by atoms with Crippen LogP contribution in [0, 0.1) is 13.8 Å². The number of likely N-dealkylation sites (N-methyl/N-ethyl adjacent to an activating group) is 2. The summed E-state index contributed by atoms with van der Waals surface area (Å²) in [5.74, 6) is 0.789. The van der Waals surface area contributed by atoms with Crippen molar-refractivity contribution in [2.24, 2.45) is 0 Å². The van der Waals surface area contributed by atoms with Gasteiger partial charge in [-0.05, 0) is 56.6 Å². The van der Waals surface area contributed by atoms with E-state index in [1.165, 1.54) is 0 Å². The highest BCUT2D eigenvalue weighted by atomic mass is 32.2. The molecule has 0 bridgehead atoms. The number of hydrogen-bond donors (Lipinski definition) is 0. The summed E-state index contributed by atoms with van der Waals surface area (Å²) in [6.07, 6.45) is 1.29. The first-order valence-corrected chi connectivity index (χ1v) is 13.8. The molecule has 204 valence electrons. The van der Waals surface area contributed by atoms with Crippen molar-refractivity contribution < 1.29 is 23.3 Å². The number of ether oxygens (including phenoxy) is 2. The van der Waals surface area contributed by atoms with E-state index < -0.39 is 11.0 Å². The Morgan fingerprint density at radius 2 is 1.75 bits per heavy atom. The fourth-order valence-corrected chi connectivity index (χ4v) is 5.66. The van der Waals surface area contributed by atoms with E-state index in [1.54, 1.807) is 30.4 Å². The summed E-state index contributed by atoms with van der Waals surface area (Å²) in [5, 5.41) is 0. The molecular weight excluding hydrogens is 480 g/mol. The lowest BCUT2D eigenvalue weighted by Crippen LogP contribution is -2.42. The molecule has 1 saturated heterocycles. The van der Waals surface area contributed by atoms with Gasteiger partial charge in [-0.2, -0.15) is 0 Å². The Kier molecular flexibility index (Phi) is 12.3. The third kappa shape index (κ3) is 8.26. The fraction of sp³-hybridized carbons (Fsp3) is 0.692. The molecule has 1 fully saturated rings. The molecule has 2 unspecified atom stereocenters. The van der Waals surface area contributed by atoms with Gasteiger partial charge in [0.1, 0.15) is 23.3 Å². The van der Waals surface area contributed by atoms with Crippen molar-refractivity contribution in [2.45, 2.75) is 51.5 Å². The van der Waals surface area contributed by atoms with Crippen LogP contribution >= 0.6 is 0 Å². The van der Waals surface area contributed by atoms with Crippen LogP contribution in [0.5, 0.6) is 5.75 Å². The van der Waals surface area contributed by atoms with Crippen LogP contribution in [0.1, 0.15) is 37.8 Å². The van der Waals surface area contributed by atoms with Gasteiger partial charge in [0.25, 0.3) is 0 Å². The number of aryl methyl sites for hydroxylation is 2. The highest BCUT2D eigenvalue weighted by molar-refractivity contribution is 7.82. The van der Waals surface area contributed by atoms with Gasteiger partial charge in [-0.15, -0.1) is 0 Å². The second-order valence-electron chi connectivity index (χ2n) is 9.31. The lowest BCUT2D eigenvalue weighted by Gasteiger charge is -2.25. The van der Waals surface area contributed by atoms with Crippen LogP contribution in [-0.4, -0.2) is 115 Å². The van der Waals surface area contributed by atoms with Gasteiger partial charge in [-0.1, -0.05) is 13.8 Å². The number of benzene rings is 1. The zero-order valence-corrected chi connectivity index (χ0v) is 23.9. The lowest BCUT2D eigenvalue weighted by molar-refractivity contribution is -0.137. The van der Waals surface area contributed by atoms with Crippen LogP contribution in [-0.2, 0) is 25.3 Å². The monoisotopic (exact) mass is 524 g/mol. The number of methoxy groups -OCH3 is 1. The van der Waals surface area contributed by atoms with E-state index in [0.29, 0.717) is 26.1 Å². The molecule has 2 amide bonds. The van der Waals surface area contributed by atoms with Gasteiger partial charge in [-0.25, -0.2) is 8.51 Å². The van der Waals surface area contributed by atoms with Crippen molar-refractivity contribution in [1.29, 1.82) is 0 Å². The number of amides is 2. The zero-order chi connectivity index (χ0) is 26.8. The van der Waals surface area contributed by atoms with E-state index in [9.17, 15) is 13.8 Å². The molecule has 2 atom stereocenters. The first-order chi connectivity index (χ1) is 17.1. The summed E-state index contributed by atoms with van der Waals surface area (Å²) in [7, 11) is 3.83. The number of carbonyl (C=O) groups excluding carboxylic acids is 2. The maximum atomic E-state index is 13.0. The van der Waals surface area contributed by atoms with E-state index in [-0.39, 0.29) is 31.1 Å². The predicted octanol–water partition coefficient (Wildman–Crippen LogP) is 2.07. The Balaban J connectivity index is 1.75. The van der Waals surface area contributed by atoms with Crippen LogP contribution in [0.2, 0.25) is 0 Å². The molecule has 9 nitrogen and oxygen atoms in total. The van der Waals surface area contributed by atoms with Crippen LogP contribution in [0.4, 0.5) is 0 Å². The summed E-state index contributed by atoms with van der Waals surface area (Å²) in [4.78, 5) is 31.8. The van der Waals surface area contributed by atoms with Crippen LogP contribution < -0.4 is 4.74 Å². The quantitative estimate of drug-likeness (QED) is 0.347. The predicted molar refractivity (Wildman–Crippen MR) is 142 cm³/mol. The van der Waals surface area contributed by atoms with Crippen LogP contribution in [0.25, 0.3) is 0 Å². The van der Waals surface area contributed by atoms with Crippen molar-refractivity contribution >= 4 is 22.8 Å². The van der Waals surface area contributed by atoms with Crippen molar-refractivity contribution in [2.75, 3.05) is 73.7 Å². The average molecular weight is 525 g/mol. The number of rotatable bonds is 14. The summed E-state index contributed by atoms with van der Waals surface area (Å²) in [6, 6.07) is 3.76. The molecule has 36 heavy (non-hydrogen) atoms. The smallest absolute Gasteiger partial charge is 0.248 e. The summed E-state index contributed by atoms with van der Waals surface area (Å²) >= 11 is 0. The molecule has 2 rings (SSSR count). The Hall–Kier alpha value is -2.01. The number of hydrogen-bond acceptors (Lipinski definition) is 6.